The van der Waals surface area contributed by atoms with E-state index >= 15 is 0 Å². The Morgan fingerprint density at radius 1 is 1.53 bits per heavy atom. The van der Waals surface area contributed by atoms with E-state index in [4.69, 9.17) is 10.5 Å². The molecule has 4 heteroatoms. The Labute approximate surface area is 91.5 Å². The largest absolute Gasteiger partial charge is 0.383 e. The predicted molar refractivity (Wildman–Crippen MR) is 59.4 cm³/mol. The van der Waals surface area contributed by atoms with Gasteiger partial charge in [0.05, 0.1) is 12.5 Å². The molecule has 15 heavy (non-hydrogen) atoms. The lowest BCUT2D eigenvalue weighted by Crippen LogP contribution is -2.48. The van der Waals surface area contributed by atoms with Gasteiger partial charge < -0.3 is 15.8 Å². The molecule has 4 nitrogen and oxygen atoms in total. The molecule has 0 bridgehead atoms. The van der Waals surface area contributed by atoms with E-state index < -0.39 is 0 Å². The van der Waals surface area contributed by atoms with Crippen molar-refractivity contribution in [1.29, 1.82) is 0 Å². The van der Waals surface area contributed by atoms with E-state index in [2.05, 4.69) is 12.2 Å². The van der Waals surface area contributed by atoms with Gasteiger partial charge in [0.2, 0.25) is 5.91 Å². The molecule has 0 aromatic heterocycles. The summed E-state index contributed by atoms with van der Waals surface area (Å²) in [5.74, 6) is -0.171. The van der Waals surface area contributed by atoms with Gasteiger partial charge in [0, 0.05) is 19.2 Å². The molecule has 0 aromatic rings. The smallest absolute Gasteiger partial charge is 0.222 e. The van der Waals surface area contributed by atoms with Gasteiger partial charge in [0.1, 0.15) is 0 Å². The zero-order valence-corrected chi connectivity index (χ0v) is 9.66. The topological polar surface area (TPSA) is 64.3 Å². The van der Waals surface area contributed by atoms with Crippen LogP contribution in [-0.2, 0) is 9.53 Å². The lowest BCUT2D eigenvalue weighted by molar-refractivity contribution is -0.123. The van der Waals surface area contributed by atoms with E-state index in [0.717, 1.165) is 19.3 Å². The SMILES string of the molecule is COC[C@H](C)N[C@H]1CCCC[C@H]1C(N)=O. The van der Waals surface area contributed by atoms with Gasteiger partial charge in [-0.2, -0.15) is 0 Å². The van der Waals surface area contributed by atoms with Crippen molar-refractivity contribution in [3.05, 3.63) is 0 Å². The molecule has 3 atom stereocenters. The maximum Gasteiger partial charge on any atom is 0.222 e. The molecule has 1 aliphatic carbocycles. The van der Waals surface area contributed by atoms with Crippen molar-refractivity contribution in [1.82, 2.24) is 5.32 Å². The van der Waals surface area contributed by atoms with Crippen LogP contribution in [0.4, 0.5) is 0 Å². The van der Waals surface area contributed by atoms with Crippen LogP contribution >= 0.6 is 0 Å². The lowest BCUT2D eigenvalue weighted by atomic mass is 9.83. The molecule has 1 aliphatic rings. The zero-order chi connectivity index (χ0) is 11.3. The van der Waals surface area contributed by atoms with Crippen LogP contribution in [0.2, 0.25) is 0 Å². The number of hydrogen-bond donors (Lipinski definition) is 2. The first-order valence-electron chi connectivity index (χ1n) is 5.69. The third-order valence-corrected chi connectivity index (χ3v) is 3.05. The van der Waals surface area contributed by atoms with E-state index in [9.17, 15) is 4.79 Å². The van der Waals surface area contributed by atoms with Crippen molar-refractivity contribution in [2.75, 3.05) is 13.7 Å². The molecule has 0 aromatic carbocycles. The maximum atomic E-state index is 11.3. The predicted octanol–water partition coefficient (Wildman–Crippen LogP) is 0.655. The number of primary amides is 1. The summed E-state index contributed by atoms with van der Waals surface area (Å²) < 4.78 is 5.06. The van der Waals surface area contributed by atoms with Gasteiger partial charge in [0.25, 0.3) is 0 Å². The Hall–Kier alpha value is -0.610. The van der Waals surface area contributed by atoms with Crippen molar-refractivity contribution >= 4 is 5.91 Å². The van der Waals surface area contributed by atoms with Gasteiger partial charge in [-0.15, -0.1) is 0 Å². The molecule has 1 saturated carbocycles. The molecular formula is C11H22N2O2. The average Bonchev–Trinajstić information content (AvgIpc) is 2.18. The molecule has 88 valence electrons. The van der Waals surface area contributed by atoms with Crippen LogP contribution in [-0.4, -0.2) is 31.7 Å². The van der Waals surface area contributed by atoms with Crippen molar-refractivity contribution in [2.24, 2.45) is 11.7 Å². The molecule has 0 heterocycles. The number of nitrogens with two attached hydrogens (primary N) is 1. The van der Waals surface area contributed by atoms with Gasteiger partial charge in [-0.1, -0.05) is 12.8 Å². The van der Waals surface area contributed by atoms with Crippen molar-refractivity contribution < 1.29 is 9.53 Å². The van der Waals surface area contributed by atoms with Gasteiger partial charge in [0.15, 0.2) is 0 Å². The molecule has 0 unspecified atom stereocenters. The average molecular weight is 214 g/mol. The fourth-order valence-electron chi connectivity index (χ4n) is 2.33. The van der Waals surface area contributed by atoms with Crippen LogP contribution in [0.15, 0.2) is 0 Å². The van der Waals surface area contributed by atoms with Crippen LogP contribution in [0.25, 0.3) is 0 Å². The molecule has 3 N–H and O–H groups in total. The number of ether oxygens (including phenoxy) is 1. The maximum absolute atomic E-state index is 11.3. The quantitative estimate of drug-likeness (QED) is 0.706. The number of carbonyl (C=O) groups excluding carboxylic acids is 1. The molecule has 0 spiro atoms. The van der Waals surface area contributed by atoms with Crippen molar-refractivity contribution in [3.63, 3.8) is 0 Å². The Balaban J connectivity index is 2.45. The second-order valence-corrected chi connectivity index (χ2v) is 4.42. The highest BCUT2D eigenvalue weighted by molar-refractivity contribution is 5.77. The first kappa shape index (κ1) is 12.5. The molecule has 0 saturated heterocycles. The highest BCUT2D eigenvalue weighted by atomic mass is 16.5. The molecule has 1 fully saturated rings. The summed E-state index contributed by atoms with van der Waals surface area (Å²) in [7, 11) is 1.69. The summed E-state index contributed by atoms with van der Waals surface area (Å²) >= 11 is 0. The summed E-state index contributed by atoms with van der Waals surface area (Å²) in [6.07, 6.45) is 4.26. The summed E-state index contributed by atoms with van der Waals surface area (Å²) in [5.41, 5.74) is 5.40. The number of carbonyl (C=O) groups is 1. The van der Waals surface area contributed by atoms with E-state index in [1.807, 2.05) is 0 Å². The highest BCUT2D eigenvalue weighted by Crippen LogP contribution is 2.24. The fourth-order valence-corrected chi connectivity index (χ4v) is 2.33. The molecule has 1 amide bonds. The van der Waals surface area contributed by atoms with E-state index in [1.165, 1.54) is 6.42 Å². The Kier molecular flexibility index (Phi) is 5.05. The number of rotatable bonds is 5. The van der Waals surface area contributed by atoms with Gasteiger partial charge >= 0.3 is 0 Å². The van der Waals surface area contributed by atoms with Crippen LogP contribution < -0.4 is 11.1 Å². The molecule has 0 radical (unpaired) electrons. The molecule has 0 aliphatic heterocycles. The van der Waals surface area contributed by atoms with E-state index in [1.54, 1.807) is 7.11 Å². The summed E-state index contributed by atoms with van der Waals surface area (Å²) in [6.45, 7) is 2.73. The first-order valence-corrected chi connectivity index (χ1v) is 5.69. The van der Waals surface area contributed by atoms with Crippen LogP contribution in [0, 0.1) is 5.92 Å². The summed E-state index contributed by atoms with van der Waals surface area (Å²) in [4.78, 5) is 11.3. The Morgan fingerprint density at radius 3 is 2.80 bits per heavy atom. The van der Waals surface area contributed by atoms with Crippen LogP contribution in [0.3, 0.4) is 0 Å². The number of methoxy groups -OCH3 is 1. The molecular weight excluding hydrogens is 192 g/mol. The molecule has 1 rings (SSSR count). The minimum absolute atomic E-state index is 0.00180. The van der Waals surface area contributed by atoms with Gasteiger partial charge in [-0.05, 0) is 19.8 Å². The monoisotopic (exact) mass is 214 g/mol. The standard InChI is InChI=1S/C11H22N2O2/c1-8(7-15-2)13-10-6-4-3-5-9(10)11(12)14/h8-10,13H,3-7H2,1-2H3,(H2,12,14)/t8-,9+,10-/m0/s1. The van der Waals surface area contributed by atoms with Crippen LogP contribution in [0.5, 0.6) is 0 Å². The lowest BCUT2D eigenvalue weighted by Gasteiger charge is -2.32. The third-order valence-electron chi connectivity index (χ3n) is 3.05. The second kappa shape index (κ2) is 6.08. The Bertz CT molecular complexity index is 209. The normalized spacial score (nSPS) is 28.7. The zero-order valence-electron chi connectivity index (χ0n) is 9.66. The van der Waals surface area contributed by atoms with Crippen molar-refractivity contribution in [2.45, 2.75) is 44.7 Å². The minimum atomic E-state index is -0.170. The Morgan fingerprint density at radius 2 is 2.20 bits per heavy atom. The fraction of sp³-hybridized carbons (Fsp3) is 0.909. The highest BCUT2D eigenvalue weighted by Gasteiger charge is 2.29. The number of amides is 1. The van der Waals surface area contributed by atoms with Crippen LogP contribution in [0.1, 0.15) is 32.6 Å². The van der Waals surface area contributed by atoms with Crippen molar-refractivity contribution in [3.8, 4) is 0 Å². The second-order valence-electron chi connectivity index (χ2n) is 4.42. The minimum Gasteiger partial charge on any atom is -0.383 e. The van der Waals surface area contributed by atoms with Gasteiger partial charge in [-0.25, -0.2) is 0 Å². The first-order chi connectivity index (χ1) is 7.15. The summed E-state index contributed by atoms with van der Waals surface area (Å²) in [5, 5.41) is 3.43. The summed E-state index contributed by atoms with van der Waals surface area (Å²) in [6, 6.07) is 0.515. The van der Waals surface area contributed by atoms with Gasteiger partial charge in [-0.3, -0.25) is 4.79 Å². The van der Waals surface area contributed by atoms with E-state index in [-0.39, 0.29) is 23.9 Å². The number of nitrogens with one attached hydrogen (secondary N) is 1. The number of hydrogen-bond acceptors (Lipinski definition) is 3. The third kappa shape index (κ3) is 3.80. The van der Waals surface area contributed by atoms with E-state index in [0.29, 0.717) is 6.61 Å².